The first kappa shape index (κ1) is 13.5. The van der Waals surface area contributed by atoms with Gasteiger partial charge in [-0.05, 0) is 60.8 Å². The van der Waals surface area contributed by atoms with Gasteiger partial charge in [0, 0.05) is 23.8 Å². The Hall–Kier alpha value is -0.540. The van der Waals surface area contributed by atoms with Gasteiger partial charge in [0.1, 0.15) is 0 Å². The van der Waals surface area contributed by atoms with Crippen molar-refractivity contribution in [2.45, 2.75) is 32.8 Å². The molecule has 0 aliphatic rings. The summed E-state index contributed by atoms with van der Waals surface area (Å²) in [7, 11) is 1.75. The second-order valence-electron chi connectivity index (χ2n) is 4.62. The van der Waals surface area contributed by atoms with Crippen molar-refractivity contribution in [1.29, 1.82) is 0 Å². The van der Waals surface area contributed by atoms with E-state index in [1.807, 2.05) is 0 Å². The quantitative estimate of drug-likeness (QED) is 0.883. The van der Waals surface area contributed by atoms with Gasteiger partial charge >= 0.3 is 0 Å². The molecular formula is C13H20BrNO. The molecule has 1 N–H and O–H groups in total. The maximum absolute atomic E-state index is 5.38. The molecule has 1 rings (SSSR count). The highest BCUT2D eigenvalue weighted by Gasteiger charge is 2.15. The number of methoxy groups -OCH3 is 1. The number of aryl methyl sites for hydroxylation is 1. The van der Waals surface area contributed by atoms with Crippen molar-refractivity contribution in [2.75, 3.05) is 19.0 Å². The van der Waals surface area contributed by atoms with Gasteiger partial charge in [0.2, 0.25) is 0 Å². The van der Waals surface area contributed by atoms with Crippen molar-refractivity contribution in [3.05, 3.63) is 28.2 Å². The fourth-order valence-corrected chi connectivity index (χ4v) is 1.76. The van der Waals surface area contributed by atoms with Crippen LogP contribution in [0, 0.1) is 6.92 Å². The van der Waals surface area contributed by atoms with Crippen LogP contribution in [0.5, 0.6) is 0 Å². The smallest absolute Gasteiger partial charge is 0.0639 e. The number of anilines is 1. The van der Waals surface area contributed by atoms with Gasteiger partial charge in [-0.2, -0.15) is 0 Å². The lowest BCUT2D eigenvalue weighted by molar-refractivity contribution is 0.0185. The zero-order chi connectivity index (χ0) is 12.2. The molecule has 0 spiro atoms. The van der Waals surface area contributed by atoms with Gasteiger partial charge in [0.25, 0.3) is 0 Å². The average molecular weight is 286 g/mol. The number of nitrogens with one attached hydrogen (secondary N) is 1. The predicted octanol–water partition coefficient (Wildman–Crippen LogP) is 3.98. The molecule has 16 heavy (non-hydrogen) atoms. The minimum absolute atomic E-state index is 0.0662. The molecule has 0 aliphatic carbocycles. The maximum atomic E-state index is 5.38. The van der Waals surface area contributed by atoms with Gasteiger partial charge in [-0.25, -0.2) is 0 Å². The highest BCUT2D eigenvalue weighted by Crippen LogP contribution is 2.24. The summed E-state index contributed by atoms with van der Waals surface area (Å²) in [6, 6.07) is 6.30. The summed E-state index contributed by atoms with van der Waals surface area (Å²) >= 11 is 3.53. The van der Waals surface area contributed by atoms with Crippen LogP contribution in [-0.2, 0) is 4.74 Å². The van der Waals surface area contributed by atoms with E-state index in [-0.39, 0.29) is 5.60 Å². The lowest BCUT2D eigenvalue weighted by Gasteiger charge is -2.23. The maximum Gasteiger partial charge on any atom is 0.0639 e. The van der Waals surface area contributed by atoms with E-state index in [2.05, 4.69) is 60.2 Å². The fourth-order valence-electron chi connectivity index (χ4n) is 1.37. The van der Waals surface area contributed by atoms with Crippen molar-refractivity contribution in [1.82, 2.24) is 0 Å². The zero-order valence-electron chi connectivity index (χ0n) is 10.4. The Morgan fingerprint density at radius 3 is 2.69 bits per heavy atom. The van der Waals surface area contributed by atoms with Crippen molar-refractivity contribution < 1.29 is 4.74 Å². The van der Waals surface area contributed by atoms with E-state index in [4.69, 9.17) is 4.74 Å². The van der Waals surface area contributed by atoms with E-state index in [0.29, 0.717) is 0 Å². The third kappa shape index (κ3) is 4.14. The molecule has 90 valence electrons. The Labute approximate surface area is 107 Å². The van der Waals surface area contributed by atoms with Gasteiger partial charge in [-0.3, -0.25) is 0 Å². The van der Waals surface area contributed by atoms with E-state index in [9.17, 15) is 0 Å². The summed E-state index contributed by atoms with van der Waals surface area (Å²) in [6.07, 6.45) is 0.976. The lowest BCUT2D eigenvalue weighted by Crippen LogP contribution is -2.25. The number of ether oxygens (including phenoxy) is 1. The van der Waals surface area contributed by atoms with E-state index in [1.54, 1.807) is 7.11 Å². The lowest BCUT2D eigenvalue weighted by atomic mass is 10.1. The highest BCUT2D eigenvalue weighted by molar-refractivity contribution is 9.10. The summed E-state index contributed by atoms with van der Waals surface area (Å²) in [5, 5.41) is 3.42. The molecule has 1 aromatic carbocycles. The van der Waals surface area contributed by atoms with Crippen LogP contribution in [0.25, 0.3) is 0 Å². The van der Waals surface area contributed by atoms with Crippen LogP contribution in [-0.4, -0.2) is 19.3 Å². The molecule has 3 heteroatoms. The summed E-state index contributed by atoms with van der Waals surface area (Å²) in [5.74, 6) is 0. The Kier molecular flexibility index (Phi) is 4.81. The van der Waals surface area contributed by atoms with E-state index < -0.39 is 0 Å². The molecule has 0 radical (unpaired) electrons. The molecule has 0 saturated carbocycles. The third-order valence-corrected chi connectivity index (χ3v) is 3.41. The third-order valence-electron chi connectivity index (χ3n) is 2.72. The Bertz CT molecular complexity index is 350. The monoisotopic (exact) mass is 285 g/mol. The van der Waals surface area contributed by atoms with Crippen LogP contribution in [0.15, 0.2) is 22.7 Å². The normalized spacial score (nSPS) is 11.6. The van der Waals surface area contributed by atoms with Crippen LogP contribution in [0.2, 0.25) is 0 Å². The standard InChI is InChI=1S/C13H20BrNO/c1-10-5-6-11(14)12(9-10)15-8-7-13(2,3)16-4/h5-6,9,15H,7-8H2,1-4H3. The van der Waals surface area contributed by atoms with Crippen LogP contribution in [0.3, 0.4) is 0 Å². The molecule has 1 aromatic rings. The first-order valence-corrected chi connectivity index (χ1v) is 6.29. The number of hydrogen-bond donors (Lipinski definition) is 1. The SMILES string of the molecule is COC(C)(C)CCNc1cc(C)ccc1Br. The molecule has 0 atom stereocenters. The Morgan fingerprint density at radius 2 is 2.06 bits per heavy atom. The van der Waals surface area contributed by atoms with Crippen LogP contribution >= 0.6 is 15.9 Å². The molecule has 0 amide bonds. The molecule has 0 bridgehead atoms. The van der Waals surface area contributed by atoms with Gasteiger partial charge in [-0.1, -0.05) is 6.07 Å². The topological polar surface area (TPSA) is 21.3 Å². The largest absolute Gasteiger partial charge is 0.384 e. The minimum Gasteiger partial charge on any atom is -0.384 e. The molecular weight excluding hydrogens is 266 g/mol. The number of rotatable bonds is 5. The van der Waals surface area contributed by atoms with Crippen molar-refractivity contribution >= 4 is 21.6 Å². The van der Waals surface area contributed by atoms with Crippen LogP contribution < -0.4 is 5.32 Å². The van der Waals surface area contributed by atoms with E-state index in [0.717, 1.165) is 23.1 Å². The van der Waals surface area contributed by atoms with Crippen molar-refractivity contribution in [3.8, 4) is 0 Å². The Balaban J connectivity index is 2.52. The first-order chi connectivity index (χ1) is 7.44. The van der Waals surface area contributed by atoms with Gasteiger partial charge in [0.05, 0.1) is 5.60 Å². The van der Waals surface area contributed by atoms with Crippen molar-refractivity contribution in [2.24, 2.45) is 0 Å². The number of halogens is 1. The second-order valence-corrected chi connectivity index (χ2v) is 5.48. The first-order valence-electron chi connectivity index (χ1n) is 5.50. The minimum atomic E-state index is -0.0662. The summed E-state index contributed by atoms with van der Waals surface area (Å²) in [4.78, 5) is 0. The highest BCUT2D eigenvalue weighted by atomic mass is 79.9. The Morgan fingerprint density at radius 1 is 1.38 bits per heavy atom. The van der Waals surface area contributed by atoms with E-state index >= 15 is 0 Å². The molecule has 0 aromatic heterocycles. The van der Waals surface area contributed by atoms with Crippen LogP contribution in [0.1, 0.15) is 25.8 Å². The summed E-state index contributed by atoms with van der Waals surface area (Å²) < 4.78 is 6.48. The van der Waals surface area contributed by atoms with Crippen molar-refractivity contribution in [3.63, 3.8) is 0 Å². The summed E-state index contributed by atoms with van der Waals surface area (Å²) in [5.41, 5.74) is 2.34. The number of hydrogen-bond acceptors (Lipinski definition) is 2. The van der Waals surface area contributed by atoms with Gasteiger partial charge in [-0.15, -0.1) is 0 Å². The van der Waals surface area contributed by atoms with E-state index in [1.165, 1.54) is 5.56 Å². The zero-order valence-corrected chi connectivity index (χ0v) is 12.0. The van der Waals surface area contributed by atoms with Gasteiger partial charge < -0.3 is 10.1 Å². The molecule has 0 unspecified atom stereocenters. The van der Waals surface area contributed by atoms with Gasteiger partial charge in [0.15, 0.2) is 0 Å². The summed E-state index contributed by atoms with van der Waals surface area (Å²) in [6.45, 7) is 7.19. The molecule has 0 fully saturated rings. The predicted molar refractivity (Wildman–Crippen MR) is 73.1 cm³/mol. The second kappa shape index (κ2) is 5.69. The average Bonchev–Trinajstić information content (AvgIpc) is 2.23. The van der Waals surface area contributed by atoms with Crippen LogP contribution in [0.4, 0.5) is 5.69 Å². The number of benzene rings is 1. The molecule has 0 aliphatic heterocycles. The fraction of sp³-hybridized carbons (Fsp3) is 0.538. The molecule has 2 nitrogen and oxygen atoms in total. The molecule has 0 heterocycles. The molecule has 0 saturated heterocycles.